The standard InChI is InChI=1S/C5H9NO4/c6-3(5(9)10)1-2-4(7)8/h3H,1-2,6H2,(H,7,8)(H,9,10)/t3-/m0/s1/i1+1,2+1. The number of carboxylic acid groups (broad SMARTS) is 2. The molecule has 0 heterocycles. The highest BCUT2D eigenvalue weighted by atomic mass is 16.4. The molecule has 0 aromatic rings. The molecule has 5 heteroatoms. The summed E-state index contributed by atoms with van der Waals surface area (Å²) in [7, 11) is 0. The monoisotopic (exact) mass is 149 g/mol. The fraction of sp³-hybridized carbons (Fsp3) is 0.600. The van der Waals surface area contributed by atoms with Gasteiger partial charge in [-0.2, -0.15) is 0 Å². The minimum Gasteiger partial charge on any atom is -0.481 e. The largest absolute Gasteiger partial charge is 0.481 e. The van der Waals surface area contributed by atoms with E-state index in [1.54, 1.807) is 0 Å². The third-order valence-electron chi connectivity index (χ3n) is 0.986. The lowest BCUT2D eigenvalue weighted by Gasteiger charge is -2.01. The Labute approximate surface area is 57.5 Å². The van der Waals surface area contributed by atoms with Gasteiger partial charge in [0.1, 0.15) is 6.04 Å². The maximum atomic E-state index is 9.99. The first-order chi connectivity index (χ1) is 4.54. The van der Waals surface area contributed by atoms with E-state index in [1.165, 1.54) is 0 Å². The minimum atomic E-state index is -1.17. The summed E-state index contributed by atoms with van der Waals surface area (Å²) in [5.74, 6) is -2.20. The van der Waals surface area contributed by atoms with E-state index in [0.29, 0.717) is 0 Å². The lowest BCUT2D eigenvalue weighted by molar-refractivity contribution is -0.139. The van der Waals surface area contributed by atoms with Gasteiger partial charge in [0, 0.05) is 6.42 Å². The zero-order chi connectivity index (χ0) is 8.15. The van der Waals surface area contributed by atoms with E-state index in [0.717, 1.165) is 0 Å². The van der Waals surface area contributed by atoms with Gasteiger partial charge in [0.05, 0.1) is 0 Å². The second kappa shape index (κ2) is 3.84. The van der Waals surface area contributed by atoms with Crippen molar-refractivity contribution < 1.29 is 19.8 Å². The molecule has 0 rings (SSSR count). The summed E-state index contributed by atoms with van der Waals surface area (Å²) in [5, 5.41) is 16.3. The second-order valence-corrected chi connectivity index (χ2v) is 1.88. The second-order valence-electron chi connectivity index (χ2n) is 1.88. The Morgan fingerprint density at radius 2 is 1.90 bits per heavy atom. The van der Waals surface area contributed by atoms with Gasteiger partial charge in [-0.05, 0) is 6.42 Å². The molecule has 0 aromatic carbocycles. The van der Waals surface area contributed by atoms with Gasteiger partial charge in [-0.1, -0.05) is 0 Å². The van der Waals surface area contributed by atoms with E-state index in [9.17, 15) is 9.59 Å². The maximum absolute atomic E-state index is 9.99. The number of hydrogen-bond donors (Lipinski definition) is 3. The van der Waals surface area contributed by atoms with Crippen molar-refractivity contribution in [1.29, 1.82) is 0 Å². The van der Waals surface area contributed by atoms with Gasteiger partial charge in [0.25, 0.3) is 0 Å². The Morgan fingerprint density at radius 3 is 2.20 bits per heavy atom. The quantitative estimate of drug-likeness (QED) is 0.457. The third-order valence-corrected chi connectivity index (χ3v) is 0.986. The number of rotatable bonds is 4. The Balaban J connectivity index is 3.49. The summed E-state index contributed by atoms with van der Waals surface area (Å²) in [6.45, 7) is 0. The van der Waals surface area contributed by atoms with Crippen LogP contribution in [0.1, 0.15) is 12.8 Å². The lowest BCUT2D eigenvalue weighted by atomic mass is 10.5. The van der Waals surface area contributed by atoms with Crippen LogP contribution in [0.15, 0.2) is 0 Å². The highest BCUT2D eigenvalue weighted by molar-refractivity contribution is 5.74. The van der Waals surface area contributed by atoms with Crippen molar-refractivity contribution in [3.05, 3.63) is 0 Å². The predicted octanol–water partition coefficient (Wildman–Crippen LogP) is -0.737. The molecule has 0 radical (unpaired) electrons. The molecule has 5 nitrogen and oxygen atoms in total. The van der Waals surface area contributed by atoms with Crippen molar-refractivity contribution >= 4 is 11.9 Å². The number of carbonyl (C=O) groups is 2. The Bertz CT molecular complexity index is 145. The van der Waals surface area contributed by atoms with Gasteiger partial charge < -0.3 is 15.9 Å². The molecule has 0 aromatic heterocycles. The molecule has 0 aliphatic rings. The molecule has 1 atom stereocenters. The SMILES string of the molecule is N[C@@H]([13CH2][13CH2]C(=O)O)C(=O)O. The molecule has 58 valence electrons. The highest BCUT2D eigenvalue weighted by Crippen LogP contribution is 1.93. The lowest BCUT2D eigenvalue weighted by Crippen LogP contribution is -2.30. The smallest absolute Gasteiger partial charge is 0.320 e. The summed E-state index contributed by atoms with van der Waals surface area (Å²) < 4.78 is 0. The molecule has 4 N–H and O–H groups in total. The maximum Gasteiger partial charge on any atom is 0.320 e. The molecule has 0 spiro atoms. The van der Waals surface area contributed by atoms with Crippen LogP contribution in [0, 0.1) is 0 Å². The first-order valence-electron chi connectivity index (χ1n) is 2.74. The first-order valence-corrected chi connectivity index (χ1v) is 2.74. The first kappa shape index (κ1) is 8.90. The van der Waals surface area contributed by atoms with E-state index in [1.807, 2.05) is 0 Å². The van der Waals surface area contributed by atoms with Gasteiger partial charge in [-0.25, -0.2) is 0 Å². The van der Waals surface area contributed by atoms with Crippen molar-refractivity contribution in [1.82, 2.24) is 0 Å². The molecular formula is C5H9NO4. The van der Waals surface area contributed by atoms with Crippen LogP contribution in [0.3, 0.4) is 0 Å². The number of carboxylic acids is 2. The van der Waals surface area contributed by atoms with Gasteiger partial charge in [0.15, 0.2) is 0 Å². The molecule has 0 amide bonds. The van der Waals surface area contributed by atoms with Crippen molar-refractivity contribution in [2.45, 2.75) is 18.9 Å². The van der Waals surface area contributed by atoms with Crippen LogP contribution in [-0.2, 0) is 9.59 Å². The predicted molar refractivity (Wildman–Crippen MR) is 32.5 cm³/mol. The van der Waals surface area contributed by atoms with E-state index in [-0.39, 0.29) is 12.8 Å². The van der Waals surface area contributed by atoms with Crippen LogP contribution in [0.2, 0.25) is 0 Å². The van der Waals surface area contributed by atoms with Gasteiger partial charge >= 0.3 is 11.9 Å². The fourth-order valence-electron chi connectivity index (χ4n) is 0.402. The number of aliphatic carboxylic acids is 2. The molecule has 0 fully saturated rings. The van der Waals surface area contributed by atoms with Crippen LogP contribution in [0.5, 0.6) is 0 Å². The van der Waals surface area contributed by atoms with Crippen LogP contribution >= 0.6 is 0 Å². The Morgan fingerprint density at radius 1 is 1.40 bits per heavy atom. The third kappa shape index (κ3) is 3.85. The van der Waals surface area contributed by atoms with Crippen molar-refractivity contribution in [2.24, 2.45) is 5.73 Å². The number of nitrogens with two attached hydrogens (primary N) is 1. The molecule has 0 unspecified atom stereocenters. The highest BCUT2D eigenvalue weighted by Gasteiger charge is 2.12. The topological polar surface area (TPSA) is 101 Å². The average Bonchev–Trinajstić information content (AvgIpc) is 1.82. The van der Waals surface area contributed by atoms with Crippen LogP contribution < -0.4 is 5.73 Å². The summed E-state index contributed by atoms with van der Waals surface area (Å²) in [6, 6.07) is -1.06. The van der Waals surface area contributed by atoms with Crippen molar-refractivity contribution in [3.8, 4) is 0 Å². The Kier molecular flexibility index (Phi) is 3.42. The molecule has 0 saturated carbocycles. The van der Waals surface area contributed by atoms with Crippen LogP contribution in [-0.4, -0.2) is 28.2 Å². The minimum absolute atomic E-state index is 0.0231. The molecule has 0 saturated heterocycles. The summed E-state index contributed by atoms with van der Waals surface area (Å²) >= 11 is 0. The zero-order valence-electron chi connectivity index (χ0n) is 5.28. The number of hydrogen-bond acceptors (Lipinski definition) is 3. The van der Waals surface area contributed by atoms with E-state index in [2.05, 4.69) is 0 Å². The van der Waals surface area contributed by atoms with Crippen molar-refractivity contribution in [2.75, 3.05) is 0 Å². The van der Waals surface area contributed by atoms with Gasteiger partial charge in [-0.15, -0.1) is 0 Å². The van der Waals surface area contributed by atoms with Crippen LogP contribution in [0.4, 0.5) is 0 Å². The molecule has 0 aliphatic carbocycles. The summed E-state index contributed by atoms with van der Waals surface area (Å²) in [5.41, 5.74) is 5.00. The summed E-state index contributed by atoms with van der Waals surface area (Å²) in [4.78, 5) is 19.9. The molecule has 10 heavy (non-hydrogen) atoms. The molecule has 0 aliphatic heterocycles. The average molecular weight is 149 g/mol. The van der Waals surface area contributed by atoms with Gasteiger partial charge in [0.2, 0.25) is 0 Å². The van der Waals surface area contributed by atoms with E-state index >= 15 is 0 Å². The summed E-state index contributed by atoms with van der Waals surface area (Å²) in [6.07, 6.45) is -0.224. The van der Waals surface area contributed by atoms with Gasteiger partial charge in [-0.3, -0.25) is 9.59 Å². The van der Waals surface area contributed by atoms with E-state index < -0.39 is 18.0 Å². The van der Waals surface area contributed by atoms with Crippen LogP contribution in [0.25, 0.3) is 0 Å². The molecular weight excluding hydrogens is 140 g/mol. The normalized spacial score (nSPS) is 12.5. The van der Waals surface area contributed by atoms with Crippen molar-refractivity contribution in [3.63, 3.8) is 0 Å². The molecule has 0 bridgehead atoms. The fourth-order valence-corrected chi connectivity index (χ4v) is 0.402. The zero-order valence-corrected chi connectivity index (χ0v) is 5.28. The Hall–Kier alpha value is -1.10. The van der Waals surface area contributed by atoms with E-state index in [4.69, 9.17) is 15.9 Å².